The molecule has 1 aliphatic heterocycles. The van der Waals surface area contributed by atoms with E-state index in [9.17, 15) is 0 Å². The van der Waals surface area contributed by atoms with Crippen LogP contribution in [0.15, 0.2) is 24.3 Å². The summed E-state index contributed by atoms with van der Waals surface area (Å²) in [5, 5.41) is 6.93. The second kappa shape index (κ2) is 8.31. The van der Waals surface area contributed by atoms with E-state index in [0.717, 1.165) is 39.0 Å². The van der Waals surface area contributed by atoms with Crippen LogP contribution in [0.5, 0.6) is 0 Å². The van der Waals surface area contributed by atoms with Gasteiger partial charge in [0.15, 0.2) is 0 Å². The maximum atomic E-state index is 3.55. The third kappa shape index (κ3) is 5.31. The molecule has 1 heterocycles. The standard InChI is InChI=1S/C16H27N3/c1-2-15-3-5-16(6-4-15)7-8-17-9-12-19-13-10-18-11-14-19/h3-6,17-18H,2,7-14H2,1H3. The fraction of sp³-hybridized carbons (Fsp3) is 0.625. The zero-order valence-corrected chi connectivity index (χ0v) is 12.1. The minimum atomic E-state index is 1.08. The Balaban J connectivity index is 1.55. The van der Waals surface area contributed by atoms with E-state index in [-0.39, 0.29) is 0 Å². The molecule has 0 spiro atoms. The Labute approximate surface area is 117 Å². The fourth-order valence-electron chi connectivity index (χ4n) is 2.47. The van der Waals surface area contributed by atoms with Crippen LogP contribution in [0.3, 0.4) is 0 Å². The molecule has 1 fully saturated rings. The molecule has 0 radical (unpaired) electrons. The third-order valence-electron chi connectivity index (χ3n) is 3.84. The molecule has 0 bridgehead atoms. The van der Waals surface area contributed by atoms with E-state index in [0.29, 0.717) is 0 Å². The van der Waals surface area contributed by atoms with Gasteiger partial charge >= 0.3 is 0 Å². The molecule has 1 aliphatic rings. The molecule has 1 aromatic carbocycles. The Hall–Kier alpha value is -0.900. The summed E-state index contributed by atoms with van der Waals surface area (Å²) in [4.78, 5) is 2.53. The molecule has 1 saturated heterocycles. The SMILES string of the molecule is CCc1ccc(CCNCCN2CCNCC2)cc1. The average molecular weight is 261 g/mol. The van der Waals surface area contributed by atoms with E-state index in [2.05, 4.69) is 46.7 Å². The van der Waals surface area contributed by atoms with E-state index < -0.39 is 0 Å². The quantitative estimate of drug-likeness (QED) is 0.724. The summed E-state index contributed by atoms with van der Waals surface area (Å²) < 4.78 is 0. The van der Waals surface area contributed by atoms with Gasteiger partial charge in [-0.3, -0.25) is 4.90 Å². The van der Waals surface area contributed by atoms with Gasteiger partial charge in [0.1, 0.15) is 0 Å². The van der Waals surface area contributed by atoms with Gasteiger partial charge in [-0.1, -0.05) is 31.2 Å². The lowest BCUT2D eigenvalue weighted by Crippen LogP contribution is -2.45. The number of hydrogen-bond donors (Lipinski definition) is 2. The van der Waals surface area contributed by atoms with E-state index in [1.54, 1.807) is 0 Å². The lowest BCUT2D eigenvalue weighted by molar-refractivity contribution is 0.241. The summed E-state index contributed by atoms with van der Waals surface area (Å²) in [7, 11) is 0. The molecular formula is C16H27N3. The Bertz CT molecular complexity index is 342. The van der Waals surface area contributed by atoms with Gasteiger partial charge in [-0.25, -0.2) is 0 Å². The molecule has 3 heteroatoms. The number of piperazine rings is 1. The summed E-state index contributed by atoms with van der Waals surface area (Å²) in [5.74, 6) is 0. The first-order valence-electron chi connectivity index (χ1n) is 7.60. The molecule has 1 aromatic rings. The Morgan fingerprint density at radius 3 is 2.42 bits per heavy atom. The van der Waals surface area contributed by atoms with Gasteiger partial charge < -0.3 is 10.6 Å². The molecule has 0 amide bonds. The second-order valence-corrected chi connectivity index (χ2v) is 5.26. The van der Waals surface area contributed by atoms with Crippen molar-refractivity contribution < 1.29 is 0 Å². The summed E-state index contributed by atoms with van der Waals surface area (Å²) in [6.07, 6.45) is 2.26. The Morgan fingerprint density at radius 2 is 1.74 bits per heavy atom. The second-order valence-electron chi connectivity index (χ2n) is 5.26. The van der Waals surface area contributed by atoms with E-state index in [1.807, 2.05) is 0 Å². The van der Waals surface area contributed by atoms with E-state index >= 15 is 0 Å². The molecule has 0 saturated carbocycles. The van der Waals surface area contributed by atoms with Crippen molar-refractivity contribution >= 4 is 0 Å². The predicted molar refractivity (Wildman–Crippen MR) is 81.7 cm³/mol. The number of nitrogens with zero attached hydrogens (tertiary/aromatic N) is 1. The highest BCUT2D eigenvalue weighted by atomic mass is 15.2. The number of rotatable bonds is 7. The van der Waals surface area contributed by atoms with Gasteiger partial charge in [-0.15, -0.1) is 0 Å². The highest BCUT2D eigenvalue weighted by Gasteiger charge is 2.07. The van der Waals surface area contributed by atoms with Crippen LogP contribution in [0.25, 0.3) is 0 Å². The number of nitrogens with one attached hydrogen (secondary N) is 2. The van der Waals surface area contributed by atoms with Gasteiger partial charge in [0, 0.05) is 39.3 Å². The van der Waals surface area contributed by atoms with Crippen LogP contribution in [0.1, 0.15) is 18.1 Å². The fourth-order valence-corrected chi connectivity index (χ4v) is 2.47. The first-order valence-corrected chi connectivity index (χ1v) is 7.60. The van der Waals surface area contributed by atoms with Crippen LogP contribution in [0.2, 0.25) is 0 Å². The lowest BCUT2D eigenvalue weighted by atomic mass is 10.1. The number of aryl methyl sites for hydroxylation is 1. The third-order valence-corrected chi connectivity index (χ3v) is 3.84. The number of benzene rings is 1. The van der Waals surface area contributed by atoms with E-state index in [1.165, 1.54) is 30.8 Å². The minimum Gasteiger partial charge on any atom is -0.315 e. The molecule has 3 nitrogen and oxygen atoms in total. The van der Waals surface area contributed by atoms with Crippen LogP contribution < -0.4 is 10.6 Å². The zero-order valence-electron chi connectivity index (χ0n) is 12.1. The molecule has 2 rings (SSSR count). The molecule has 19 heavy (non-hydrogen) atoms. The lowest BCUT2D eigenvalue weighted by Gasteiger charge is -2.27. The summed E-state index contributed by atoms with van der Waals surface area (Å²) >= 11 is 0. The monoisotopic (exact) mass is 261 g/mol. The molecule has 0 aliphatic carbocycles. The van der Waals surface area contributed by atoms with Gasteiger partial charge in [0.2, 0.25) is 0 Å². The summed E-state index contributed by atoms with van der Waals surface area (Å²) in [6.45, 7) is 10.2. The maximum Gasteiger partial charge on any atom is 0.0108 e. The Kier molecular flexibility index (Phi) is 6.34. The van der Waals surface area contributed by atoms with Crippen molar-refractivity contribution in [3.05, 3.63) is 35.4 Å². The van der Waals surface area contributed by atoms with Crippen LogP contribution >= 0.6 is 0 Å². The van der Waals surface area contributed by atoms with Crippen molar-refractivity contribution in [3.8, 4) is 0 Å². The smallest absolute Gasteiger partial charge is 0.0108 e. The topological polar surface area (TPSA) is 27.3 Å². The van der Waals surface area contributed by atoms with Crippen molar-refractivity contribution in [1.82, 2.24) is 15.5 Å². The molecule has 106 valence electrons. The molecule has 0 aromatic heterocycles. The normalized spacial score (nSPS) is 16.7. The minimum absolute atomic E-state index is 1.08. The Morgan fingerprint density at radius 1 is 1.05 bits per heavy atom. The highest BCUT2D eigenvalue weighted by Crippen LogP contribution is 2.05. The van der Waals surface area contributed by atoms with Crippen LogP contribution in [-0.4, -0.2) is 50.7 Å². The summed E-state index contributed by atoms with van der Waals surface area (Å²) in [5.41, 5.74) is 2.86. The van der Waals surface area contributed by atoms with Crippen molar-refractivity contribution in [3.63, 3.8) is 0 Å². The zero-order chi connectivity index (χ0) is 13.3. The van der Waals surface area contributed by atoms with Crippen LogP contribution in [0, 0.1) is 0 Å². The van der Waals surface area contributed by atoms with Gasteiger partial charge in [0.25, 0.3) is 0 Å². The predicted octanol–water partition coefficient (Wildman–Crippen LogP) is 1.29. The average Bonchev–Trinajstić information content (AvgIpc) is 2.49. The van der Waals surface area contributed by atoms with Crippen molar-refractivity contribution in [1.29, 1.82) is 0 Å². The van der Waals surface area contributed by atoms with Gasteiger partial charge in [0.05, 0.1) is 0 Å². The molecule has 0 unspecified atom stereocenters. The van der Waals surface area contributed by atoms with Crippen LogP contribution in [-0.2, 0) is 12.8 Å². The van der Waals surface area contributed by atoms with Crippen molar-refractivity contribution in [2.45, 2.75) is 19.8 Å². The first-order chi connectivity index (χ1) is 9.38. The van der Waals surface area contributed by atoms with Gasteiger partial charge in [-0.05, 0) is 30.5 Å². The molecular weight excluding hydrogens is 234 g/mol. The summed E-state index contributed by atoms with van der Waals surface area (Å²) in [6, 6.07) is 9.01. The first kappa shape index (κ1) is 14.5. The maximum absolute atomic E-state index is 3.55. The highest BCUT2D eigenvalue weighted by molar-refractivity contribution is 5.22. The van der Waals surface area contributed by atoms with E-state index in [4.69, 9.17) is 0 Å². The number of hydrogen-bond acceptors (Lipinski definition) is 3. The molecule has 0 atom stereocenters. The van der Waals surface area contributed by atoms with Gasteiger partial charge in [-0.2, -0.15) is 0 Å². The van der Waals surface area contributed by atoms with Crippen LogP contribution in [0.4, 0.5) is 0 Å². The van der Waals surface area contributed by atoms with Crippen molar-refractivity contribution in [2.75, 3.05) is 45.8 Å². The molecule has 2 N–H and O–H groups in total. The largest absolute Gasteiger partial charge is 0.315 e. The van der Waals surface area contributed by atoms with Crippen molar-refractivity contribution in [2.24, 2.45) is 0 Å².